The fourth-order valence-corrected chi connectivity index (χ4v) is 5.61. The number of hydrogen-bond acceptors (Lipinski definition) is 4. The third kappa shape index (κ3) is 2.62. The van der Waals surface area contributed by atoms with Crippen LogP contribution in [0.3, 0.4) is 0 Å². The predicted octanol–water partition coefficient (Wildman–Crippen LogP) is 2.42. The highest BCUT2D eigenvalue weighted by Crippen LogP contribution is 2.33. The third-order valence-electron chi connectivity index (χ3n) is 4.01. The zero-order chi connectivity index (χ0) is 15.1. The normalized spacial score (nSPS) is 24.8. The molecule has 112 valence electrons. The van der Waals surface area contributed by atoms with E-state index in [4.69, 9.17) is 5.11 Å². The SMILES string of the molecule is Cc1csc(C(=O)O)c1S(=O)(=O)N1CCC(C)C(C)C1. The monoisotopic (exact) mass is 317 g/mol. The maximum Gasteiger partial charge on any atom is 0.347 e. The van der Waals surface area contributed by atoms with Crippen molar-refractivity contribution in [3.8, 4) is 0 Å². The predicted molar refractivity (Wildman–Crippen MR) is 77.7 cm³/mol. The maximum absolute atomic E-state index is 12.7. The summed E-state index contributed by atoms with van der Waals surface area (Å²) >= 11 is 0.971. The molecule has 0 aliphatic carbocycles. The van der Waals surface area contributed by atoms with Crippen LogP contribution in [-0.4, -0.2) is 36.9 Å². The Labute approximate surface area is 123 Å². The first kappa shape index (κ1) is 15.5. The molecule has 2 unspecified atom stereocenters. The Morgan fingerprint density at radius 2 is 2.05 bits per heavy atom. The van der Waals surface area contributed by atoms with E-state index < -0.39 is 16.0 Å². The highest BCUT2D eigenvalue weighted by molar-refractivity contribution is 7.89. The lowest BCUT2D eigenvalue weighted by molar-refractivity contribution is 0.0698. The van der Waals surface area contributed by atoms with Crippen molar-refractivity contribution in [3.63, 3.8) is 0 Å². The van der Waals surface area contributed by atoms with Crippen molar-refractivity contribution >= 4 is 27.3 Å². The summed E-state index contributed by atoms with van der Waals surface area (Å²) in [6.45, 7) is 6.71. The summed E-state index contributed by atoms with van der Waals surface area (Å²) in [5, 5.41) is 10.8. The van der Waals surface area contributed by atoms with Gasteiger partial charge in [-0.3, -0.25) is 0 Å². The molecule has 20 heavy (non-hydrogen) atoms. The summed E-state index contributed by atoms with van der Waals surface area (Å²) in [6.07, 6.45) is 0.811. The van der Waals surface area contributed by atoms with Crippen LogP contribution in [0.15, 0.2) is 10.3 Å². The minimum atomic E-state index is -3.72. The van der Waals surface area contributed by atoms with Gasteiger partial charge in [0.25, 0.3) is 0 Å². The van der Waals surface area contributed by atoms with Crippen molar-refractivity contribution < 1.29 is 18.3 Å². The van der Waals surface area contributed by atoms with Crippen molar-refractivity contribution in [1.82, 2.24) is 4.31 Å². The molecule has 1 aromatic heterocycles. The van der Waals surface area contributed by atoms with Crippen LogP contribution >= 0.6 is 11.3 Å². The number of carboxylic acid groups (broad SMARTS) is 1. The molecule has 1 aliphatic heterocycles. The van der Waals surface area contributed by atoms with E-state index in [-0.39, 0.29) is 15.7 Å². The van der Waals surface area contributed by atoms with Crippen LogP contribution in [0.2, 0.25) is 0 Å². The first-order valence-electron chi connectivity index (χ1n) is 6.56. The smallest absolute Gasteiger partial charge is 0.347 e. The van der Waals surface area contributed by atoms with Gasteiger partial charge >= 0.3 is 5.97 Å². The molecular weight excluding hydrogens is 298 g/mol. The average Bonchev–Trinajstić information content (AvgIpc) is 2.75. The largest absolute Gasteiger partial charge is 0.477 e. The van der Waals surface area contributed by atoms with E-state index in [1.165, 1.54) is 4.31 Å². The molecule has 0 bridgehead atoms. The average molecular weight is 317 g/mol. The molecule has 0 spiro atoms. The Morgan fingerprint density at radius 3 is 2.60 bits per heavy atom. The van der Waals surface area contributed by atoms with Gasteiger partial charge in [-0.25, -0.2) is 13.2 Å². The first-order chi connectivity index (χ1) is 9.25. The molecule has 0 radical (unpaired) electrons. The van der Waals surface area contributed by atoms with E-state index in [1.807, 2.05) is 6.92 Å². The van der Waals surface area contributed by atoms with Crippen molar-refractivity contribution in [2.45, 2.75) is 32.1 Å². The lowest BCUT2D eigenvalue weighted by Gasteiger charge is -2.34. The van der Waals surface area contributed by atoms with Gasteiger partial charge in [-0.15, -0.1) is 11.3 Å². The van der Waals surface area contributed by atoms with Gasteiger partial charge in [0.2, 0.25) is 10.0 Å². The molecule has 5 nitrogen and oxygen atoms in total. The maximum atomic E-state index is 12.7. The fraction of sp³-hybridized carbons (Fsp3) is 0.615. The molecule has 0 amide bonds. The Morgan fingerprint density at radius 1 is 1.40 bits per heavy atom. The molecule has 0 aromatic carbocycles. The molecule has 2 rings (SSSR count). The van der Waals surface area contributed by atoms with Gasteiger partial charge in [0.1, 0.15) is 9.77 Å². The molecule has 1 fully saturated rings. The number of carboxylic acids is 1. The van der Waals surface area contributed by atoms with Crippen molar-refractivity contribution in [1.29, 1.82) is 0 Å². The second-order valence-electron chi connectivity index (χ2n) is 5.49. The zero-order valence-electron chi connectivity index (χ0n) is 11.8. The van der Waals surface area contributed by atoms with Gasteiger partial charge in [-0.05, 0) is 36.1 Å². The molecule has 1 aliphatic rings. The first-order valence-corrected chi connectivity index (χ1v) is 8.88. The summed E-state index contributed by atoms with van der Waals surface area (Å²) in [5.74, 6) is -0.408. The summed E-state index contributed by atoms with van der Waals surface area (Å²) < 4.78 is 26.9. The van der Waals surface area contributed by atoms with Crippen molar-refractivity contribution in [2.24, 2.45) is 11.8 Å². The number of rotatable bonds is 3. The molecule has 2 heterocycles. The van der Waals surface area contributed by atoms with E-state index in [0.717, 1.165) is 17.8 Å². The van der Waals surface area contributed by atoms with E-state index in [2.05, 4.69) is 6.92 Å². The standard InChI is InChI=1S/C13H19NO4S2/c1-8-4-5-14(6-9(8)2)20(17,18)12-10(3)7-19-11(12)13(15)16/h7-9H,4-6H2,1-3H3,(H,15,16). The summed E-state index contributed by atoms with van der Waals surface area (Å²) in [6, 6.07) is 0. The number of aryl methyl sites for hydroxylation is 1. The van der Waals surface area contributed by atoms with Gasteiger partial charge in [-0.2, -0.15) is 4.31 Å². The second kappa shape index (κ2) is 5.46. The van der Waals surface area contributed by atoms with E-state index >= 15 is 0 Å². The van der Waals surface area contributed by atoms with Crippen LogP contribution in [0, 0.1) is 18.8 Å². The number of thiophene rings is 1. The zero-order valence-corrected chi connectivity index (χ0v) is 13.4. The molecule has 2 atom stereocenters. The van der Waals surface area contributed by atoms with E-state index in [0.29, 0.717) is 24.6 Å². The van der Waals surface area contributed by atoms with Gasteiger partial charge in [0.05, 0.1) is 0 Å². The number of carbonyl (C=O) groups is 1. The second-order valence-corrected chi connectivity index (χ2v) is 8.24. The summed E-state index contributed by atoms with van der Waals surface area (Å²) in [4.78, 5) is 11.1. The Kier molecular flexibility index (Phi) is 4.22. The van der Waals surface area contributed by atoms with Crippen LogP contribution in [0.5, 0.6) is 0 Å². The van der Waals surface area contributed by atoms with Gasteiger partial charge < -0.3 is 5.11 Å². The minimum Gasteiger partial charge on any atom is -0.477 e. The summed E-state index contributed by atoms with van der Waals surface area (Å²) in [7, 11) is -3.72. The van der Waals surface area contributed by atoms with Gasteiger partial charge in [0, 0.05) is 13.1 Å². The number of sulfonamides is 1. The Balaban J connectivity index is 2.41. The Bertz CT molecular complexity index is 620. The van der Waals surface area contributed by atoms with Crippen LogP contribution < -0.4 is 0 Å². The number of aromatic carboxylic acids is 1. The summed E-state index contributed by atoms with van der Waals surface area (Å²) in [5.41, 5.74) is 0.513. The number of piperidine rings is 1. The fourth-order valence-electron chi connectivity index (χ4n) is 2.47. The molecule has 7 heteroatoms. The highest BCUT2D eigenvalue weighted by Gasteiger charge is 2.35. The van der Waals surface area contributed by atoms with E-state index in [9.17, 15) is 13.2 Å². The quantitative estimate of drug-likeness (QED) is 0.929. The molecule has 1 aromatic rings. The molecule has 1 saturated heterocycles. The van der Waals surface area contributed by atoms with Crippen molar-refractivity contribution in [2.75, 3.05) is 13.1 Å². The van der Waals surface area contributed by atoms with Crippen LogP contribution in [0.4, 0.5) is 0 Å². The van der Waals surface area contributed by atoms with Crippen molar-refractivity contribution in [3.05, 3.63) is 15.8 Å². The molecule has 0 saturated carbocycles. The van der Waals surface area contributed by atoms with Crippen LogP contribution in [-0.2, 0) is 10.0 Å². The third-order valence-corrected chi connectivity index (χ3v) is 7.28. The van der Waals surface area contributed by atoms with Gasteiger partial charge in [0.15, 0.2) is 0 Å². The lowest BCUT2D eigenvalue weighted by atomic mass is 9.90. The topological polar surface area (TPSA) is 74.7 Å². The number of nitrogens with zero attached hydrogens (tertiary/aromatic N) is 1. The van der Waals surface area contributed by atoms with Gasteiger partial charge in [-0.1, -0.05) is 13.8 Å². The van der Waals surface area contributed by atoms with E-state index in [1.54, 1.807) is 12.3 Å². The van der Waals surface area contributed by atoms with Crippen LogP contribution in [0.1, 0.15) is 35.5 Å². The minimum absolute atomic E-state index is 0.0308. The molecular formula is C13H19NO4S2. The highest BCUT2D eigenvalue weighted by atomic mass is 32.2. The number of hydrogen-bond donors (Lipinski definition) is 1. The Hall–Kier alpha value is -0.920. The van der Waals surface area contributed by atoms with Crippen LogP contribution in [0.25, 0.3) is 0 Å². The molecule has 1 N–H and O–H groups in total. The lowest BCUT2D eigenvalue weighted by Crippen LogP contribution is -2.42.